The van der Waals surface area contributed by atoms with Crippen LogP contribution in [0.2, 0.25) is 0 Å². The van der Waals surface area contributed by atoms with Crippen molar-refractivity contribution in [3.8, 4) is 11.4 Å². The number of aromatic nitrogens is 6. The highest BCUT2D eigenvalue weighted by molar-refractivity contribution is 7.71. The monoisotopic (exact) mass is 411 g/mol. The number of H-pyrrole nitrogens is 1. The summed E-state index contributed by atoms with van der Waals surface area (Å²) in [6.45, 7) is 3.17. The fraction of sp³-hybridized carbons (Fsp3) is 0.450. The quantitative estimate of drug-likeness (QED) is 0.606. The van der Waals surface area contributed by atoms with Crippen LogP contribution < -0.4 is 5.32 Å². The molecule has 2 aromatic heterocycles. The highest BCUT2D eigenvalue weighted by atomic mass is 32.1. The van der Waals surface area contributed by atoms with Gasteiger partial charge in [-0.05, 0) is 55.7 Å². The van der Waals surface area contributed by atoms with E-state index in [1.54, 1.807) is 4.57 Å². The van der Waals surface area contributed by atoms with E-state index in [0.29, 0.717) is 4.77 Å². The van der Waals surface area contributed by atoms with E-state index < -0.39 is 0 Å². The lowest BCUT2D eigenvalue weighted by Crippen LogP contribution is -2.20. The Hall–Kier alpha value is -2.81. The fourth-order valence-electron chi connectivity index (χ4n) is 3.67. The number of hydrogen-bond acceptors (Lipinski definition) is 5. The van der Waals surface area contributed by atoms with Gasteiger partial charge < -0.3 is 9.88 Å². The van der Waals surface area contributed by atoms with Gasteiger partial charge in [-0.15, -0.1) is 10.2 Å². The molecule has 0 fully saturated rings. The van der Waals surface area contributed by atoms with Crippen molar-refractivity contribution in [3.05, 3.63) is 40.7 Å². The van der Waals surface area contributed by atoms with Gasteiger partial charge in [0.1, 0.15) is 18.2 Å². The molecule has 8 nitrogen and oxygen atoms in total. The Morgan fingerprint density at radius 1 is 1.21 bits per heavy atom. The van der Waals surface area contributed by atoms with E-state index in [0.717, 1.165) is 61.0 Å². The summed E-state index contributed by atoms with van der Waals surface area (Å²) in [5.74, 6) is 2.63. The third kappa shape index (κ3) is 4.29. The van der Waals surface area contributed by atoms with Gasteiger partial charge in [0.05, 0.1) is 0 Å². The molecule has 3 heterocycles. The SMILES string of the molecule is CCCc1n[nH]c(=S)n1CC(=O)Nc1ccc(-c2nnc3n2CCCCC3)cc1. The van der Waals surface area contributed by atoms with E-state index in [-0.39, 0.29) is 12.5 Å². The number of benzene rings is 1. The van der Waals surface area contributed by atoms with E-state index in [9.17, 15) is 4.79 Å². The van der Waals surface area contributed by atoms with Gasteiger partial charge in [0.2, 0.25) is 5.91 Å². The van der Waals surface area contributed by atoms with Crippen molar-refractivity contribution in [1.29, 1.82) is 0 Å². The summed E-state index contributed by atoms with van der Waals surface area (Å²) in [5.41, 5.74) is 1.74. The number of hydrogen-bond donors (Lipinski definition) is 2. The zero-order valence-electron chi connectivity index (χ0n) is 16.5. The highest BCUT2D eigenvalue weighted by Crippen LogP contribution is 2.24. The smallest absolute Gasteiger partial charge is 0.244 e. The lowest BCUT2D eigenvalue weighted by Gasteiger charge is -2.10. The van der Waals surface area contributed by atoms with Crippen LogP contribution in [-0.4, -0.2) is 35.4 Å². The molecule has 0 spiro atoms. The van der Waals surface area contributed by atoms with E-state index in [1.807, 2.05) is 24.3 Å². The number of carbonyl (C=O) groups excluding carboxylic acids is 1. The van der Waals surface area contributed by atoms with Gasteiger partial charge in [-0.3, -0.25) is 14.5 Å². The first-order valence-corrected chi connectivity index (χ1v) is 10.5. The Morgan fingerprint density at radius 3 is 2.83 bits per heavy atom. The first kappa shape index (κ1) is 19.5. The summed E-state index contributed by atoms with van der Waals surface area (Å²) in [5, 5.41) is 18.6. The average molecular weight is 412 g/mol. The molecule has 1 amide bonds. The maximum atomic E-state index is 12.5. The molecule has 2 N–H and O–H groups in total. The van der Waals surface area contributed by atoms with Crippen molar-refractivity contribution in [2.75, 3.05) is 5.32 Å². The third-order valence-corrected chi connectivity index (χ3v) is 5.46. The number of rotatable bonds is 6. The van der Waals surface area contributed by atoms with Crippen LogP contribution in [-0.2, 0) is 30.7 Å². The van der Waals surface area contributed by atoms with E-state index in [1.165, 1.54) is 12.8 Å². The molecule has 0 bridgehead atoms. The van der Waals surface area contributed by atoms with Crippen LogP contribution in [0.3, 0.4) is 0 Å². The Labute approximate surface area is 174 Å². The lowest BCUT2D eigenvalue weighted by atomic mass is 10.2. The van der Waals surface area contributed by atoms with Crippen molar-refractivity contribution in [1.82, 2.24) is 29.5 Å². The van der Waals surface area contributed by atoms with Gasteiger partial charge >= 0.3 is 0 Å². The van der Waals surface area contributed by atoms with Gasteiger partial charge in [-0.1, -0.05) is 13.3 Å². The Kier molecular flexibility index (Phi) is 5.84. The molecule has 0 atom stereocenters. The number of fused-ring (bicyclic) bond motifs is 1. The van der Waals surface area contributed by atoms with Gasteiger partial charge in [0, 0.05) is 30.6 Å². The standard InChI is InChI=1S/C20H25N7OS/c1-2-6-16-23-25-20(29)27(16)13-18(28)21-15-10-8-14(9-11-15)19-24-22-17-7-4-3-5-12-26(17)19/h8-11H,2-7,12-13H2,1H3,(H,21,28)(H,25,29). The van der Waals surface area contributed by atoms with E-state index in [2.05, 4.69) is 37.2 Å². The van der Waals surface area contributed by atoms with Crippen molar-refractivity contribution >= 4 is 23.8 Å². The summed E-state index contributed by atoms with van der Waals surface area (Å²) in [7, 11) is 0. The molecule has 3 aromatic rings. The maximum absolute atomic E-state index is 12.5. The second-order valence-electron chi connectivity index (χ2n) is 7.31. The number of aryl methyl sites for hydroxylation is 2. The minimum atomic E-state index is -0.135. The number of aromatic amines is 1. The first-order chi connectivity index (χ1) is 14.2. The summed E-state index contributed by atoms with van der Waals surface area (Å²) < 4.78 is 4.43. The maximum Gasteiger partial charge on any atom is 0.244 e. The molecule has 0 saturated carbocycles. The number of amides is 1. The highest BCUT2D eigenvalue weighted by Gasteiger charge is 2.16. The van der Waals surface area contributed by atoms with Crippen molar-refractivity contribution in [2.24, 2.45) is 0 Å². The van der Waals surface area contributed by atoms with Gasteiger partial charge in [-0.2, -0.15) is 5.10 Å². The van der Waals surface area contributed by atoms with Gasteiger partial charge in [0.25, 0.3) is 0 Å². The predicted molar refractivity (Wildman–Crippen MR) is 113 cm³/mol. The zero-order chi connectivity index (χ0) is 20.2. The average Bonchev–Trinajstić information content (AvgIpc) is 3.18. The largest absolute Gasteiger partial charge is 0.325 e. The molecular weight excluding hydrogens is 386 g/mol. The van der Waals surface area contributed by atoms with Crippen molar-refractivity contribution in [3.63, 3.8) is 0 Å². The molecule has 1 aliphatic heterocycles. The Bertz CT molecular complexity index is 1050. The topological polar surface area (TPSA) is 93.4 Å². The summed E-state index contributed by atoms with van der Waals surface area (Å²) >= 11 is 5.24. The number of anilines is 1. The van der Waals surface area contributed by atoms with Crippen LogP contribution in [0, 0.1) is 4.77 Å². The molecule has 0 unspecified atom stereocenters. The van der Waals surface area contributed by atoms with E-state index in [4.69, 9.17) is 12.2 Å². The van der Waals surface area contributed by atoms with Crippen LogP contribution in [0.25, 0.3) is 11.4 Å². The molecule has 0 radical (unpaired) electrons. The normalized spacial score (nSPS) is 13.7. The van der Waals surface area contributed by atoms with Gasteiger partial charge in [0.15, 0.2) is 10.6 Å². The number of nitrogens with one attached hydrogen (secondary N) is 2. The first-order valence-electron chi connectivity index (χ1n) is 10.1. The molecule has 0 saturated heterocycles. The molecular formula is C20H25N7OS. The lowest BCUT2D eigenvalue weighted by molar-refractivity contribution is -0.116. The summed E-state index contributed by atoms with van der Waals surface area (Å²) in [4.78, 5) is 12.5. The Morgan fingerprint density at radius 2 is 2.03 bits per heavy atom. The van der Waals surface area contributed by atoms with Crippen LogP contribution in [0.15, 0.2) is 24.3 Å². The minimum Gasteiger partial charge on any atom is -0.325 e. The molecule has 152 valence electrons. The molecule has 1 aromatic carbocycles. The third-order valence-electron chi connectivity index (χ3n) is 5.15. The molecule has 29 heavy (non-hydrogen) atoms. The molecule has 1 aliphatic rings. The van der Waals surface area contributed by atoms with Crippen LogP contribution >= 0.6 is 12.2 Å². The molecule has 4 rings (SSSR count). The van der Waals surface area contributed by atoms with E-state index >= 15 is 0 Å². The molecule has 0 aliphatic carbocycles. The van der Waals surface area contributed by atoms with Crippen molar-refractivity contribution < 1.29 is 4.79 Å². The van der Waals surface area contributed by atoms with Crippen molar-refractivity contribution in [2.45, 2.75) is 58.5 Å². The second-order valence-corrected chi connectivity index (χ2v) is 7.70. The number of carbonyl (C=O) groups is 1. The van der Waals surface area contributed by atoms with Crippen LogP contribution in [0.1, 0.15) is 44.3 Å². The second kappa shape index (κ2) is 8.69. The number of nitrogens with zero attached hydrogens (tertiary/aromatic N) is 5. The zero-order valence-corrected chi connectivity index (χ0v) is 17.3. The summed E-state index contributed by atoms with van der Waals surface area (Å²) in [6.07, 6.45) is 6.26. The Balaban J connectivity index is 1.45. The minimum absolute atomic E-state index is 0.135. The van der Waals surface area contributed by atoms with Gasteiger partial charge in [-0.25, -0.2) is 0 Å². The summed E-state index contributed by atoms with van der Waals surface area (Å²) in [6, 6.07) is 7.74. The predicted octanol–water partition coefficient (Wildman–Crippen LogP) is 3.52. The molecule has 9 heteroatoms. The van der Waals surface area contributed by atoms with Crippen LogP contribution in [0.4, 0.5) is 5.69 Å². The fourth-order valence-corrected chi connectivity index (χ4v) is 3.89. The van der Waals surface area contributed by atoms with Crippen LogP contribution in [0.5, 0.6) is 0 Å².